The van der Waals surface area contributed by atoms with Crippen molar-refractivity contribution in [2.45, 2.75) is 59.2 Å². The Hall–Kier alpha value is -4.25. The molecule has 11 nitrogen and oxygen atoms in total. The molecule has 0 spiro atoms. The molecular weight excluding hydrogens is 548 g/mol. The molecule has 218 valence electrons. The second kappa shape index (κ2) is 14.4. The minimum atomic E-state index is -1.30. The molecule has 1 aromatic carbocycles. The van der Waals surface area contributed by atoms with Crippen LogP contribution >= 0.6 is 11.6 Å². The molecule has 4 N–H and O–H groups in total. The van der Waals surface area contributed by atoms with Crippen molar-refractivity contribution in [3.05, 3.63) is 82.5 Å². The average Bonchev–Trinajstić information content (AvgIpc) is 3.37. The molecule has 0 fully saturated rings. The number of nitrogens with one attached hydrogen (secondary N) is 4. The minimum absolute atomic E-state index is 0.0405. The second-order valence-electron chi connectivity index (χ2n) is 10.8. The van der Waals surface area contributed by atoms with Crippen LogP contribution in [-0.2, 0) is 27.3 Å². The largest absolute Gasteiger partial charge is 0.361 e. The highest BCUT2D eigenvalue weighted by Gasteiger charge is 2.30. The molecule has 0 radical (unpaired) electrons. The van der Waals surface area contributed by atoms with Gasteiger partial charge in [-0.25, -0.2) is 0 Å². The Labute approximate surface area is 243 Å². The van der Waals surface area contributed by atoms with E-state index in [2.05, 4.69) is 31.4 Å². The van der Waals surface area contributed by atoms with Gasteiger partial charge in [0, 0.05) is 43.0 Å². The normalized spacial score (nSPS) is 12.6. The molecule has 0 unspecified atom stereocenters. The van der Waals surface area contributed by atoms with E-state index in [-0.39, 0.29) is 30.5 Å². The van der Waals surface area contributed by atoms with Gasteiger partial charge in [-0.1, -0.05) is 55.7 Å². The van der Waals surface area contributed by atoms with Gasteiger partial charge in [-0.15, -0.1) is 0 Å². The maximum Gasteiger partial charge on any atom is 0.274 e. The van der Waals surface area contributed by atoms with Gasteiger partial charge in [0.2, 0.25) is 17.7 Å². The van der Waals surface area contributed by atoms with Gasteiger partial charge in [0.05, 0.1) is 6.42 Å². The number of hydrogen-bond donors (Lipinski definition) is 4. The van der Waals surface area contributed by atoms with E-state index in [4.69, 9.17) is 16.1 Å². The highest BCUT2D eigenvalue weighted by Crippen LogP contribution is 2.15. The van der Waals surface area contributed by atoms with Crippen molar-refractivity contribution in [1.82, 2.24) is 31.4 Å². The van der Waals surface area contributed by atoms with Gasteiger partial charge in [-0.2, -0.15) is 0 Å². The van der Waals surface area contributed by atoms with Crippen LogP contribution in [0, 0.1) is 12.3 Å². The predicted molar refractivity (Wildman–Crippen MR) is 153 cm³/mol. The number of aromatic nitrogens is 2. The lowest BCUT2D eigenvalue weighted by Crippen LogP contribution is -2.55. The highest BCUT2D eigenvalue weighted by atomic mass is 35.5. The van der Waals surface area contributed by atoms with Crippen LogP contribution in [0.15, 0.2) is 59.4 Å². The zero-order chi connectivity index (χ0) is 30.0. The van der Waals surface area contributed by atoms with Gasteiger partial charge in [-0.05, 0) is 41.7 Å². The summed E-state index contributed by atoms with van der Waals surface area (Å²) in [6.45, 7) is 8.00. The van der Waals surface area contributed by atoms with Gasteiger partial charge >= 0.3 is 0 Å². The van der Waals surface area contributed by atoms with Gasteiger partial charge in [0.25, 0.3) is 5.91 Å². The van der Waals surface area contributed by atoms with Gasteiger partial charge in [0.15, 0.2) is 5.69 Å². The molecule has 0 aliphatic rings. The number of rotatable bonds is 12. The number of carbonyl (C=O) groups is 4. The monoisotopic (exact) mass is 582 g/mol. The van der Waals surface area contributed by atoms with E-state index in [0.29, 0.717) is 22.9 Å². The number of amides is 4. The first-order chi connectivity index (χ1) is 19.4. The van der Waals surface area contributed by atoms with Crippen LogP contribution in [0.3, 0.4) is 0 Å². The van der Waals surface area contributed by atoms with Crippen LogP contribution in [0.2, 0.25) is 5.02 Å². The summed E-state index contributed by atoms with van der Waals surface area (Å²) in [6.07, 6.45) is 2.95. The van der Waals surface area contributed by atoms with E-state index < -0.39 is 35.7 Å². The number of aryl methyl sites for hydroxylation is 1. The van der Waals surface area contributed by atoms with Crippen LogP contribution in [-0.4, -0.2) is 52.4 Å². The summed E-state index contributed by atoms with van der Waals surface area (Å²) < 4.78 is 4.96. The number of hydrogen-bond acceptors (Lipinski definition) is 7. The Bertz CT molecular complexity index is 1350. The van der Waals surface area contributed by atoms with E-state index in [1.54, 1.807) is 55.7 Å². The molecule has 2 aromatic heterocycles. The molecular formula is C29H35ClN6O5. The fourth-order valence-corrected chi connectivity index (χ4v) is 3.92. The van der Waals surface area contributed by atoms with E-state index >= 15 is 0 Å². The number of carbonyl (C=O) groups excluding carboxylic acids is 4. The van der Waals surface area contributed by atoms with E-state index in [9.17, 15) is 19.2 Å². The maximum atomic E-state index is 13.5. The Balaban J connectivity index is 1.79. The second-order valence-corrected chi connectivity index (χ2v) is 11.2. The number of halogens is 1. The molecule has 4 amide bonds. The summed E-state index contributed by atoms with van der Waals surface area (Å²) in [5.41, 5.74) is 1.23. The van der Waals surface area contributed by atoms with Gasteiger partial charge in [0.1, 0.15) is 17.8 Å². The number of nitrogens with zero attached hydrogens (tertiary/aromatic N) is 2. The molecule has 3 rings (SSSR count). The van der Waals surface area contributed by atoms with Crippen molar-refractivity contribution >= 4 is 35.2 Å². The zero-order valence-electron chi connectivity index (χ0n) is 23.5. The zero-order valence-corrected chi connectivity index (χ0v) is 24.2. The quantitative estimate of drug-likeness (QED) is 0.256. The number of pyridine rings is 1. The Kier molecular flexibility index (Phi) is 11.0. The third-order valence-corrected chi connectivity index (χ3v) is 6.29. The molecule has 0 saturated heterocycles. The summed E-state index contributed by atoms with van der Waals surface area (Å²) in [6, 6.07) is 9.64. The van der Waals surface area contributed by atoms with Crippen LogP contribution in [0.25, 0.3) is 0 Å². The van der Waals surface area contributed by atoms with Crippen LogP contribution in [0.5, 0.6) is 0 Å². The van der Waals surface area contributed by atoms with Crippen molar-refractivity contribution in [1.29, 1.82) is 0 Å². The number of benzene rings is 1. The standard InChI is InChI=1S/C29H35ClN6O5/c1-18-13-24(36-41-18)28(40)35-23(15-25(37)33-17-29(2,3)4)27(39)34-22(14-19-9-11-31-12-10-19)26(38)32-16-20-7-5-6-8-21(20)30/h5-13,22-23H,14-17H2,1-4H3,(H,32,38)(H,33,37)(H,34,39)(H,35,40)/t22-,23-/m0/s1. The molecule has 0 bridgehead atoms. The summed E-state index contributed by atoms with van der Waals surface area (Å²) in [7, 11) is 0. The summed E-state index contributed by atoms with van der Waals surface area (Å²) in [5, 5.41) is 15.0. The van der Waals surface area contributed by atoms with Crippen LogP contribution in [0.4, 0.5) is 0 Å². The molecule has 0 aliphatic carbocycles. The summed E-state index contributed by atoms with van der Waals surface area (Å²) in [5.74, 6) is -1.90. The minimum Gasteiger partial charge on any atom is -0.361 e. The molecule has 0 aliphatic heterocycles. The fourth-order valence-electron chi connectivity index (χ4n) is 3.72. The first kappa shape index (κ1) is 31.3. The third kappa shape index (κ3) is 10.3. The van der Waals surface area contributed by atoms with Crippen molar-refractivity contribution in [2.75, 3.05) is 6.54 Å². The molecule has 41 heavy (non-hydrogen) atoms. The lowest BCUT2D eigenvalue weighted by Gasteiger charge is -2.24. The van der Waals surface area contributed by atoms with E-state index in [0.717, 1.165) is 5.56 Å². The van der Waals surface area contributed by atoms with E-state index in [1.807, 2.05) is 20.8 Å². The SMILES string of the molecule is Cc1cc(C(=O)N[C@@H](CC(=O)NCC(C)(C)C)C(=O)N[C@@H](Cc2ccncc2)C(=O)NCc2ccccc2Cl)no1. The van der Waals surface area contributed by atoms with Gasteiger partial charge < -0.3 is 25.8 Å². The van der Waals surface area contributed by atoms with Gasteiger partial charge in [-0.3, -0.25) is 24.2 Å². The molecule has 2 heterocycles. The van der Waals surface area contributed by atoms with Crippen LogP contribution < -0.4 is 21.3 Å². The van der Waals surface area contributed by atoms with Crippen molar-refractivity contribution in [2.24, 2.45) is 5.41 Å². The molecule has 2 atom stereocenters. The predicted octanol–water partition coefficient (Wildman–Crippen LogP) is 2.73. The topological polar surface area (TPSA) is 155 Å². The van der Waals surface area contributed by atoms with Crippen molar-refractivity contribution in [3.63, 3.8) is 0 Å². The lowest BCUT2D eigenvalue weighted by molar-refractivity contribution is -0.131. The molecule has 12 heteroatoms. The van der Waals surface area contributed by atoms with Crippen LogP contribution in [0.1, 0.15) is 54.6 Å². The van der Waals surface area contributed by atoms with Crippen molar-refractivity contribution in [3.8, 4) is 0 Å². The first-order valence-electron chi connectivity index (χ1n) is 13.1. The summed E-state index contributed by atoms with van der Waals surface area (Å²) >= 11 is 6.23. The Morgan fingerprint density at radius 3 is 2.29 bits per heavy atom. The molecule has 3 aromatic rings. The fraction of sp³-hybridized carbons (Fsp3) is 0.379. The highest BCUT2D eigenvalue weighted by molar-refractivity contribution is 6.31. The Morgan fingerprint density at radius 1 is 0.951 bits per heavy atom. The van der Waals surface area contributed by atoms with E-state index in [1.165, 1.54) is 6.07 Å². The third-order valence-electron chi connectivity index (χ3n) is 5.92. The van der Waals surface area contributed by atoms with Crippen molar-refractivity contribution < 1.29 is 23.7 Å². The smallest absolute Gasteiger partial charge is 0.274 e. The summed E-state index contributed by atoms with van der Waals surface area (Å²) in [4.78, 5) is 56.4. The average molecular weight is 583 g/mol. The Morgan fingerprint density at radius 2 is 1.66 bits per heavy atom. The lowest BCUT2D eigenvalue weighted by atomic mass is 9.97. The maximum absolute atomic E-state index is 13.5. The first-order valence-corrected chi connectivity index (χ1v) is 13.5. The molecule has 0 saturated carbocycles.